The predicted octanol–water partition coefficient (Wildman–Crippen LogP) is 4.63. The average Bonchev–Trinajstić information content (AvgIpc) is 2.95. The van der Waals surface area contributed by atoms with Gasteiger partial charge in [0.1, 0.15) is 6.61 Å². The number of hydrogen-bond donors (Lipinski definition) is 0. The molecule has 0 bridgehead atoms. The van der Waals surface area contributed by atoms with Gasteiger partial charge in [-0.05, 0) is 56.7 Å². The van der Waals surface area contributed by atoms with Gasteiger partial charge in [0.05, 0.1) is 17.2 Å². The Hall–Kier alpha value is -3.32. The molecule has 0 fully saturated rings. The average molecular weight is 344 g/mol. The Morgan fingerprint density at radius 1 is 1.04 bits per heavy atom. The number of benzene rings is 2. The molecule has 4 heteroatoms. The van der Waals surface area contributed by atoms with Crippen LogP contribution in [0.2, 0.25) is 0 Å². The van der Waals surface area contributed by atoms with Crippen LogP contribution in [-0.4, -0.2) is 10.5 Å². The van der Waals surface area contributed by atoms with Gasteiger partial charge in [-0.25, -0.2) is 4.79 Å². The summed E-state index contributed by atoms with van der Waals surface area (Å²) < 4.78 is 7.51. The molecule has 0 aliphatic rings. The fourth-order valence-corrected chi connectivity index (χ4v) is 2.96. The molecule has 0 radical (unpaired) electrons. The maximum Gasteiger partial charge on any atom is 0.340 e. The van der Waals surface area contributed by atoms with Crippen molar-refractivity contribution in [3.05, 3.63) is 88.2 Å². The Morgan fingerprint density at radius 2 is 1.69 bits per heavy atom. The van der Waals surface area contributed by atoms with E-state index in [4.69, 9.17) is 10.00 Å². The van der Waals surface area contributed by atoms with E-state index in [0.29, 0.717) is 11.1 Å². The summed E-state index contributed by atoms with van der Waals surface area (Å²) in [5, 5.41) is 8.83. The summed E-state index contributed by atoms with van der Waals surface area (Å²) in [6, 6.07) is 19.1. The van der Waals surface area contributed by atoms with Crippen molar-refractivity contribution in [1.82, 2.24) is 4.57 Å². The van der Waals surface area contributed by atoms with Gasteiger partial charge in [0.2, 0.25) is 0 Å². The molecule has 1 heterocycles. The van der Waals surface area contributed by atoms with E-state index >= 15 is 0 Å². The molecule has 4 nitrogen and oxygen atoms in total. The molecule has 0 aliphatic heterocycles. The summed E-state index contributed by atoms with van der Waals surface area (Å²) in [4.78, 5) is 12.5. The fourth-order valence-electron chi connectivity index (χ4n) is 2.96. The highest BCUT2D eigenvalue weighted by atomic mass is 16.5. The Kier molecular flexibility index (Phi) is 4.90. The van der Waals surface area contributed by atoms with Crippen LogP contribution in [0.3, 0.4) is 0 Å². The number of ether oxygens (including phenoxy) is 1. The molecule has 0 saturated heterocycles. The first-order valence-electron chi connectivity index (χ1n) is 8.41. The van der Waals surface area contributed by atoms with Gasteiger partial charge in [0.25, 0.3) is 0 Å². The first kappa shape index (κ1) is 17.5. The molecule has 0 atom stereocenters. The van der Waals surface area contributed by atoms with Crippen LogP contribution in [0.1, 0.15) is 38.4 Å². The zero-order chi connectivity index (χ0) is 18.7. The minimum Gasteiger partial charge on any atom is -0.457 e. The molecule has 3 aromatic rings. The monoisotopic (exact) mass is 344 g/mol. The van der Waals surface area contributed by atoms with Crippen LogP contribution < -0.4 is 0 Å². The summed E-state index contributed by atoms with van der Waals surface area (Å²) in [6.45, 7) is 6.12. The molecule has 3 rings (SSSR count). The molecule has 0 unspecified atom stereocenters. The highest BCUT2D eigenvalue weighted by molar-refractivity contribution is 5.91. The van der Waals surface area contributed by atoms with Crippen molar-refractivity contribution in [2.24, 2.45) is 0 Å². The third-order valence-corrected chi connectivity index (χ3v) is 4.40. The topological polar surface area (TPSA) is 55.0 Å². The van der Waals surface area contributed by atoms with Crippen molar-refractivity contribution < 1.29 is 9.53 Å². The first-order valence-corrected chi connectivity index (χ1v) is 8.41. The Morgan fingerprint density at radius 3 is 2.31 bits per heavy atom. The van der Waals surface area contributed by atoms with Gasteiger partial charge >= 0.3 is 5.97 Å². The normalized spacial score (nSPS) is 10.4. The second-order valence-corrected chi connectivity index (χ2v) is 6.34. The Balaban J connectivity index is 1.78. The minimum atomic E-state index is -0.346. The number of aromatic nitrogens is 1. The molecule has 2 aromatic carbocycles. The molecule has 0 amide bonds. The number of nitrogens with zero attached hydrogens (tertiary/aromatic N) is 2. The molecule has 0 saturated carbocycles. The van der Waals surface area contributed by atoms with Crippen LogP contribution in [0.25, 0.3) is 5.69 Å². The van der Waals surface area contributed by atoms with Crippen molar-refractivity contribution in [2.75, 3.05) is 0 Å². The van der Waals surface area contributed by atoms with E-state index in [1.165, 1.54) is 5.56 Å². The SMILES string of the molecule is Cc1ccc(-n2c(C)cc(C(=O)OCc3ccc(C#N)cc3)c2C)cc1. The first-order chi connectivity index (χ1) is 12.5. The van der Waals surface area contributed by atoms with E-state index in [0.717, 1.165) is 22.6 Å². The van der Waals surface area contributed by atoms with E-state index in [-0.39, 0.29) is 12.6 Å². The maximum absolute atomic E-state index is 12.5. The minimum absolute atomic E-state index is 0.179. The van der Waals surface area contributed by atoms with Gasteiger partial charge in [0, 0.05) is 17.1 Å². The van der Waals surface area contributed by atoms with Gasteiger partial charge in [-0.15, -0.1) is 0 Å². The summed E-state index contributed by atoms with van der Waals surface area (Å²) in [7, 11) is 0. The maximum atomic E-state index is 12.5. The lowest BCUT2D eigenvalue weighted by molar-refractivity contribution is 0.0472. The lowest BCUT2D eigenvalue weighted by Crippen LogP contribution is -2.07. The third-order valence-electron chi connectivity index (χ3n) is 4.40. The van der Waals surface area contributed by atoms with Crippen molar-refractivity contribution in [3.8, 4) is 11.8 Å². The largest absolute Gasteiger partial charge is 0.457 e. The van der Waals surface area contributed by atoms with Crippen LogP contribution in [0.15, 0.2) is 54.6 Å². The summed E-state index contributed by atoms with van der Waals surface area (Å²) in [6.07, 6.45) is 0. The summed E-state index contributed by atoms with van der Waals surface area (Å²) in [5.41, 5.74) is 6.06. The standard InChI is InChI=1S/C22H20N2O2/c1-15-4-10-20(11-5-15)24-16(2)12-21(17(24)3)22(25)26-14-19-8-6-18(13-23)7-9-19/h4-12H,14H2,1-3H3. The van der Waals surface area contributed by atoms with Crippen LogP contribution >= 0.6 is 0 Å². The summed E-state index contributed by atoms with van der Waals surface area (Å²) in [5.74, 6) is -0.346. The van der Waals surface area contributed by atoms with Crippen molar-refractivity contribution in [1.29, 1.82) is 5.26 Å². The second-order valence-electron chi connectivity index (χ2n) is 6.34. The number of aryl methyl sites for hydroxylation is 2. The van der Waals surface area contributed by atoms with Crippen molar-refractivity contribution in [3.63, 3.8) is 0 Å². The smallest absolute Gasteiger partial charge is 0.340 e. The van der Waals surface area contributed by atoms with Crippen molar-refractivity contribution in [2.45, 2.75) is 27.4 Å². The second kappa shape index (κ2) is 7.28. The van der Waals surface area contributed by atoms with Crippen LogP contribution in [0.4, 0.5) is 0 Å². The highest BCUT2D eigenvalue weighted by Crippen LogP contribution is 2.22. The lowest BCUT2D eigenvalue weighted by atomic mass is 10.1. The number of esters is 1. The Bertz CT molecular complexity index is 975. The van der Waals surface area contributed by atoms with Gasteiger partial charge in [-0.1, -0.05) is 29.8 Å². The van der Waals surface area contributed by atoms with Crippen LogP contribution in [-0.2, 0) is 11.3 Å². The molecule has 0 aliphatic carbocycles. The fraction of sp³-hybridized carbons (Fsp3) is 0.182. The molecular formula is C22H20N2O2. The summed E-state index contributed by atoms with van der Waals surface area (Å²) >= 11 is 0. The molecule has 130 valence electrons. The third kappa shape index (κ3) is 3.52. The number of carbonyl (C=O) groups excluding carboxylic acids is 1. The van der Waals surface area contributed by atoms with E-state index in [2.05, 4.69) is 22.8 Å². The number of nitriles is 1. The van der Waals surface area contributed by atoms with Crippen molar-refractivity contribution >= 4 is 5.97 Å². The van der Waals surface area contributed by atoms with Crippen LogP contribution in [0, 0.1) is 32.1 Å². The number of rotatable bonds is 4. The molecule has 26 heavy (non-hydrogen) atoms. The number of carbonyl (C=O) groups is 1. The van der Waals surface area contributed by atoms with E-state index in [1.807, 2.05) is 39.0 Å². The predicted molar refractivity (Wildman–Crippen MR) is 100 cm³/mol. The van der Waals surface area contributed by atoms with Gasteiger partial charge < -0.3 is 9.30 Å². The zero-order valence-corrected chi connectivity index (χ0v) is 15.1. The lowest BCUT2D eigenvalue weighted by Gasteiger charge is -2.10. The zero-order valence-electron chi connectivity index (χ0n) is 15.1. The van der Waals surface area contributed by atoms with E-state index in [9.17, 15) is 4.79 Å². The van der Waals surface area contributed by atoms with Gasteiger partial charge in [-0.2, -0.15) is 5.26 Å². The Labute approximate surface area is 153 Å². The molecule has 1 aromatic heterocycles. The van der Waals surface area contributed by atoms with E-state index < -0.39 is 0 Å². The molecule has 0 spiro atoms. The molecule has 0 N–H and O–H groups in total. The van der Waals surface area contributed by atoms with Crippen LogP contribution in [0.5, 0.6) is 0 Å². The number of hydrogen-bond acceptors (Lipinski definition) is 3. The quantitative estimate of drug-likeness (QED) is 0.648. The highest BCUT2D eigenvalue weighted by Gasteiger charge is 2.18. The molecular weight excluding hydrogens is 324 g/mol. The van der Waals surface area contributed by atoms with Gasteiger partial charge in [0.15, 0.2) is 0 Å². The van der Waals surface area contributed by atoms with Gasteiger partial charge in [-0.3, -0.25) is 0 Å². The van der Waals surface area contributed by atoms with E-state index in [1.54, 1.807) is 24.3 Å².